The normalized spacial score (nSPS) is 10.2. The summed E-state index contributed by atoms with van der Waals surface area (Å²) in [5.41, 5.74) is 3.26. The Kier molecular flexibility index (Phi) is 5.56. The lowest BCUT2D eigenvalue weighted by atomic mass is 10.2. The Morgan fingerprint density at radius 1 is 1.31 bits per heavy atom. The van der Waals surface area contributed by atoms with Crippen molar-refractivity contribution in [1.29, 1.82) is 0 Å². The quantitative estimate of drug-likeness (QED) is 0.421. The van der Waals surface area contributed by atoms with Crippen molar-refractivity contribution >= 4 is 5.95 Å². The van der Waals surface area contributed by atoms with E-state index in [2.05, 4.69) is 22.3 Å². The third-order valence-corrected chi connectivity index (χ3v) is 2.21. The highest BCUT2D eigenvalue weighted by molar-refractivity contribution is 5.28. The molecule has 0 fully saturated rings. The van der Waals surface area contributed by atoms with Gasteiger partial charge in [-0.15, -0.1) is 0 Å². The van der Waals surface area contributed by atoms with Crippen LogP contribution in [0.3, 0.4) is 0 Å². The lowest BCUT2D eigenvalue weighted by Gasteiger charge is -2.07. The number of aromatic nitrogens is 2. The molecule has 1 aromatic heterocycles. The molecular weight excluding hydrogens is 204 g/mol. The molecule has 0 aliphatic rings. The molecule has 0 radical (unpaired) electrons. The number of hydrogen-bond acceptors (Lipinski definition) is 5. The molecule has 0 saturated carbocycles. The van der Waals surface area contributed by atoms with E-state index in [0.29, 0.717) is 18.4 Å². The Labute approximate surface area is 96.4 Å². The second-order valence-electron chi connectivity index (χ2n) is 3.72. The van der Waals surface area contributed by atoms with Gasteiger partial charge in [0.1, 0.15) is 0 Å². The van der Waals surface area contributed by atoms with Crippen LogP contribution in [0.5, 0.6) is 5.88 Å². The first kappa shape index (κ1) is 12.7. The first-order chi connectivity index (χ1) is 7.76. The fourth-order valence-corrected chi connectivity index (χ4v) is 1.38. The van der Waals surface area contributed by atoms with Crippen LogP contribution in [0.15, 0.2) is 6.07 Å². The second-order valence-corrected chi connectivity index (χ2v) is 3.72. The summed E-state index contributed by atoms with van der Waals surface area (Å²) in [6.45, 7) is 4.76. The first-order valence-electron chi connectivity index (χ1n) is 5.71. The summed E-state index contributed by atoms with van der Waals surface area (Å²) in [4.78, 5) is 8.18. The summed E-state index contributed by atoms with van der Waals surface area (Å²) in [7, 11) is 0. The van der Waals surface area contributed by atoms with Gasteiger partial charge in [0.05, 0.1) is 6.61 Å². The number of nitrogens with one attached hydrogen (secondary N) is 1. The predicted molar refractivity (Wildman–Crippen MR) is 64.2 cm³/mol. The Morgan fingerprint density at radius 2 is 2.12 bits per heavy atom. The first-order valence-corrected chi connectivity index (χ1v) is 5.71. The molecule has 16 heavy (non-hydrogen) atoms. The largest absolute Gasteiger partial charge is 0.478 e. The van der Waals surface area contributed by atoms with Gasteiger partial charge in [0.25, 0.3) is 0 Å². The molecule has 1 rings (SSSR count). The Bertz CT molecular complexity index is 317. The molecule has 0 unspecified atom stereocenters. The Morgan fingerprint density at radius 3 is 2.81 bits per heavy atom. The third kappa shape index (κ3) is 4.44. The maximum absolute atomic E-state index is 5.53. The Balaban J connectivity index is 2.38. The lowest BCUT2D eigenvalue weighted by Crippen LogP contribution is -2.12. The molecule has 0 aliphatic heterocycles. The van der Waals surface area contributed by atoms with Crippen molar-refractivity contribution in [3.63, 3.8) is 0 Å². The number of aryl methyl sites for hydroxylation is 1. The minimum Gasteiger partial charge on any atom is -0.478 e. The zero-order valence-corrected chi connectivity index (χ0v) is 9.99. The van der Waals surface area contributed by atoms with Crippen LogP contribution in [0.1, 0.15) is 38.3 Å². The summed E-state index contributed by atoms with van der Waals surface area (Å²) in [6.07, 6.45) is 4.74. The number of anilines is 1. The number of unbranched alkanes of at least 4 members (excludes halogenated alkanes) is 3. The average Bonchev–Trinajstić information content (AvgIpc) is 2.28. The molecule has 0 spiro atoms. The van der Waals surface area contributed by atoms with Crippen LogP contribution in [0.4, 0.5) is 5.95 Å². The number of ether oxygens (including phenoxy) is 1. The summed E-state index contributed by atoms with van der Waals surface area (Å²) in [6, 6.07) is 1.81. The molecule has 90 valence electrons. The minimum atomic E-state index is 0.392. The minimum absolute atomic E-state index is 0.392. The van der Waals surface area contributed by atoms with Crippen LogP contribution in [-0.4, -0.2) is 16.6 Å². The van der Waals surface area contributed by atoms with Crippen LogP contribution in [0, 0.1) is 6.92 Å². The van der Waals surface area contributed by atoms with Crippen molar-refractivity contribution in [3.05, 3.63) is 11.8 Å². The van der Waals surface area contributed by atoms with E-state index in [9.17, 15) is 0 Å². The number of hydrazine groups is 1. The summed E-state index contributed by atoms with van der Waals surface area (Å²) < 4.78 is 5.53. The van der Waals surface area contributed by atoms with Gasteiger partial charge in [-0.05, 0) is 13.3 Å². The predicted octanol–water partition coefficient (Wildman–Crippen LogP) is 2.03. The van der Waals surface area contributed by atoms with E-state index >= 15 is 0 Å². The molecule has 0 aliphatic carbocycles. The van der Waals surface area contributed by atoms with Gasteiger partial charge in [-0.3, -0.25) is 5.43 Å². The maximum atomic E-state index is 5.53. The van der Waals surface area contributed by atoms with Gasteiger partial charge < -0.3 is 4.74 Å². The highest BCUT2D eigenvalue weighted by Crippen LogP contribution is 2.11. The molecule has 0 saturated heterocycles. The molecule has 1 heterocycles. The van der Waals surface area contributed by atoms with Gasteiger partial charge in [-0.2, -0.15) is 4.98 Å². The molecular formula is C11H20N4O. The van der Waals surface area contributed by atoms with Crippen molar-refractivity contribution in [1.82, 2.24) is 9.97 Å². The van der Waals surface area contributed by atoms with E-state index in [4.69, 9.17) is 10.6 Å². The number of nitrogen functional groups attached to an aromatic ring is 1. The molecule has 5 heteroatoms. The maximum Gasteiger partial charge on any atom is 0.240 e. The van der Waals surface area contributed by atoms with Crippen molar-refractivity contribution in [2.75, 3.05) is 12.0 Å². The number of nitrogens with zero attached hydrogens (tertiary/aromatic N) is 2. The Hall–Kier alpha value is -1.36. The topological polar surface area (TPSA) is 73.1 Å². The van der Waals surface area contributed by atoms with Gasteiger partial charge in [-0.25, -0.2) is 10.8 Å². The van der Waals surface area contributed by atoms with Crippen molar-refractivity contribution in [2.24, 2.45) is 5.84 Å². The highest BCUT2D eigenvalue weighted by atomic mass is 16.5. The molecule has 0 aromatic carbocycles. The van der Waals surface area contributed by atoms with Crippen molar-refractivity contribution < 1.29 is 4.74 Å². The average molecular weight is 224 g/mol. The number of hydrogen-bond donors (Lipinski definition) is 2. The van der Waals surface area contributed by atoms with Gasteiger partial charge in [0.2, 0.25) is 11.8 Å². The molecule has 0 atom stereocenters. The lowest BCUT2D eigenvalue weighted by molar-refractivity contribution is 0.293. The van der Waals surface area contributed by atoms with Crippen molar-refractivity contribution in [3.8, 4) is 5.88 Å². The van der Waals surface area contributed by atoms with Crippen LogP contribution in [0.2, 0.25) is 0 Å². The van der Waals surface area contributed by atoms with Crippen LogP contribution in [-0.2, 0) is 0 Å². The second kappa shape index (κ2) is 7.00. The monoisotopic (exact) mass is 224 g/mol. The van der Waals surface area contributed by atoms with E-state index in [1.54, 1.807) is 6.07 Å². The molecule has 0 bridgehead atoms. The molecule has 3 N–H and O–H groups in total. The van der Waals surface area contributed by atoms with E-state index in [0.717, 1.165) is 12.1 Å². The van der Waals surface area contributed by atoms with Gasteiger partial charge in [-0.1, -0.05) is 26.2 Å². The molecule has 1 aromatic rings. The zero-order valence-electron chi connectivity index (χ0n) is 9.99. The summed E-state index contributed by atoms with van der Waals surface area (Å²) >= 11 is 0. The van der Waals surface area contributed by atoms with Gasteiger partial charge in [0, 0.05) is 11.8 Å². The summed E-state index contributed by atoms with van der Waals surface area (Å²) in [5.74, 6) is 6.22. The van der Waals surface area contributed by atoms with Crippen molar-refractivity contribution in [2.45, 2.75) is 39.5 Å². The summed E-state index contributed by atoms with van der Waals surface area (Å²) in [5, 5.41) is 0. The standard InChI is InChI=1S/C11H20N4O/c1-3-4-5-6-7-16-10-8-9(2)13-11(14-10)15-12/h8H,3-7,12H2,1-2H3,(H,13,14,15). The van der Waals surface area contributed by atoms with E-state index in [1.165, 1.54) is 19.3 Å². The van der Waals surface area contributed by atoms with E-state index in [1.807, 2.05) is 6.92 Å². The fraction of sp³-hybridized carbons (Fsp3) is 0.636. The zero-order chi connectivity index (χ0) is 11.8. The van der Waals surface area contributed by atoms with E-state index in [-0.39, 0.29) is 0 Å². The van der Waals surface area contributed by atoms with Gasteiger partial charge in [0.15, 0.2) is 0 Å². The van der Waals surface area contributed by atoms with Crippen LogP contribution in [0.25, 0.3) is 0 Å². The third-order valence-electron chi connectivity index (χ3n) is 2.21. The molecule has 0 amide bonds. The SMILES string of the molecule is CCCCCCOc1cc(C)nc(NN)n1. The molecule has 5 nitrogen and oxygen atoms in total. The number of rotatable bonds is 7. The number of nitrogens with two attached hydrogens (primary N) is 1. The van der Waals surface area contributed by atoms with Crippen LogP contribution >= 0.6 is 0 Å². The highest BCUT2D eigenvalue weighted by Gasteiger charge is 2.01. The fourth-order valence-electron chi connectivity index (χ4n) is 1.38. The van der Waals surface area contributed by atoms with Crippen LogP contribution < -0.4 is 16.0 Å². The van der Waals surface area contributed by atoms with E-state index < -0.39 is 0 Å². The van der Waals surface area contributed by atoms with Gasteiger partial charge >= 0.3 is 0 Å². The smallest absolute Gasteiger partial charge is 0.240 e.